The number of nitrogens with one attached hydrogen (secondary N) is 1. The van der Waals surface area contributed by atoms with Crippen LogP contribution in [0.15, 0.2) is 18.2 Å². The summed E-state index contributed by atoms with van der Waals surface area (Å²) in [6.07, 6.45) is -0.419. The summed E-state index contributed by atoms with van der Waals surface area (Å²) in [5, 5.41) is 13.0. The predicted molar refractivity (Wildman–Crippen MR) is 76.8 cm³/mol. The van der Waals surface area contributed by atoms with Gasteiger partial charge in [-0.15, -0.1) is 0 Å². The van der Waals surface area contributed by atoms with Crippen LogP contribution in [0.2, 0.25) is 0 Å². The molecule has 0 bridgehead atoms. The second-order valence-corrected chi connectivity index (χ2v) is 5.17. The number of aliphatic hydroxyl groups excluding tert-OH is 1. The summed E-state index contributed by atoms with van der Waals surface area (Å²) in [4.78, 5) is 0. The molecule has 0 radical (unpaired) electrons. The first-order chi connectivity index (χ1) is 8.90. The Morgan fingerprint density at radius 2 is 2.00 bits per heavy atom. The highest BCUT2D eigenvalue weighted by Gasteiger charge is 2.23. The maximum absolute atomic E-state index is 9.67. The Morgan fingerprint density at radius 3 is 2.53 bits per heavy atom. The molecule has 0 spiro atoms. The molecule has 108 valence electrons. The quantitative estimate of drug-likeness (QED) is 0.796. The molecule has 0 aliphatic carbocycles. The molecule has 0 aliphatic heterocycles. The second kappa shape index (κ2) is 6.78. The smallest absolute Gasteiger partial charge is 0.161 e. The third kappa shape index (κ3) is 4.40. The largest absolute Gasteiger partial charge is 0.493 e. The molecule has 4 heteroatoms. The minimum absolute atomic E-state index is 0.328. The molecular weight excluding hydrogens is 242 g/mol. The number of ether oxygens (including phenoxy) is 2. The number of hydrogen-bond donors (Lipinski definition) is 2. The number of aliphatic hydroxyl groups is 1. The predicted octanol–water partition coefficient (Wildman–Crippen LogP) is 2.34. The zero-order chi connectivity index (χ0) is 14.5. The van der Waals surface area contributed by atoms with Gasteiger partial charge in [0.15, 0.2) is 11.5 Å². The van der Waals surface area contributed by atoms with Crippen molar-refractivity contribution >= 4 is 0 Å². The van der Waals surface area contributed by atoms with Crippen LogP contribution in [0.5, 0.6) is 11.5 Å². The zero-order valence-electron chi connectivity index (χ0n) is 12.5. The van der Waals surface area contributed by atoms with Gasteiger partial charge in [0.05, 0.1) is 19.8 Å². The van der Waals surface area contributed by atoms with Crippen LogP contribution in [0.3, 0.4) is 0 Å². The molecule has 0 fully saturated rings. The number of rotatable bonds is 7. The fraction of sp³-hybridized carbons (Fsp3) is 0.600. The zero-order valence-corrected chi connectivity index (χ0v) is 12.5. The van der Waals surface area contributed by atoms with E-state index >= 15 is 0 Å². The van der Waals surface area contributed by atoms with Gasteiger partial charge >= 0.3 is 0 Å². The summed E-state index contributed by atoms with van der Waals surface area (Å²) in [6.45, 7) is 8.96. The summed E-state index contributed by atoms with van der Waals surface area (Å²) in [6, 6.07) is 5.86. The average molecular weight is 267 g/mol. The van der Waals surface area contributed by atoms with E-state index in [0.29, 0.717) is 13.2 Å². The number of hydrogen-bond acceptors (Lipinski definition) is 4. The molecule has 1 aromatic carbocycles. The monoisotopic (exact) mass is 267 g/mol. The highest BCUT2D eigenvalue weighted by molar-refractivity contribution is 5.42. The molecule has 4 nitrogen and oxygen atoms in total. The van der Waals surface area contributed by atoms with E-state index in [1.54, 1.807) is 14.0 Å². The van der Waals surface area contributed by atoms with Crippen LogP contribution in [0.1, 0.15) is 33.3 Å². The average Bonchev–Trinajstić information content (AvgIpc) is 2.37. The van der Waals surface area contributed by atoms with Crippen LogP contribution in [-0.4, -0.2) is 30.5 Å². The van der Waals surface area contributed by atoms with Crippen LogP contribution < -0.4 is 14.8 Å². The molecule has 0 heterocycles. The Balaban J connectivity index is 2.75. The molecule has 2 N–H and O–H groups in total. The van der Waals surface area contributed by atoms with E-state index < -0.39 is 6.10 Å². The second-order valence-electron chi connectivity index (χ2n) is 5.17. The Labute approximate surface area is 115 Å². The molecule has 0 saturated heterocycles. The van der Waals surface area contributed by atoms with Crippen molar-refractivity contribution < 1.29 is 14.6 Å². The summed E-state index contributed by atoms with van der Waals surface area (Å²) in [7, 11) is 1.63. The molecule has 0 saturated carbocycles. The van der Waals surface area contributed by atoms with Gasteiger partial charge in [0.25, 0.3) is 0 Å². The van der Waals surface area contributed by atoms with Crippen molar-refractivity contribution in [3.05, 3.63) is 23.8 Å². The van der Waals surface area contributed by atoms with Crippen molar-refractivity contribution in [2.24, 2.45) is 0 Å². The SMILES string of the molecule is CCOc1ccc(CNC(C)(C)C(C)O)cc1OC. The van der Waals surface area contributed by atoms with Crippen molar-refractivity contribution in [2.75, 3.05) is 13.7 Å². The van der Waals surface area contributed by atoms with Crippen LogP contribution >= 0.6 is 0 Å². The summed E-state index contributed by atoms with van der Waals surface area (Å²) < 4.78 is 10.8. The molecular formula is C15H25NO3. The maximum atomic E-state index is 9.67. The molecule has 1 aromatic rings. The van der Waals surface area contributed by atoms with E-state index in [1.165, 1.54) is 0 Å². The number of benzene rings is 1. The van der Waals surface area contributed by atoms with Gasteiger partial charge in [0.2, 0.25) is 0 Å². The molecule has 1 unspecified atom stereocenters. The molecule has 1 atom stereocenters. The summed E-state index contributed by atoms with van der Waals surface area (Å²) in [5.74, 6) is 1.49. The number of methoxy groups -OCH3 is 1. The lowest BCUT2D eigenvalue weighted by Crippen LogP contribution is -2.47. The van der Waals surface area contributed by atoms with Gasteiger partial charge in [-0.2, -0.15) is 0 Å². The lowest BCUT2D eigenvalue weighted by atomic mass is 9.98. The summed E-state index contributed by atoms with van der Waals surface area (Å²) in [5.41, 5.74) is 0.764. The molecule has 1 rings (SSSR count). The lowest BCUT2D eigenvalue weighted by molar-refractivity contribution is 0.0956. The van der Waals surface area contributed by atoms with Crippen molar-refractivity contribution in [1.82, 2.24) is 5.32 Å². The first-order valence-electron chi connectivity index (χ1n) is 6.63. The van der Waals surface area contributed by atoms with E-state index in [1.807, 2.05) is 39.0 Å². The van der Waals surface area contributed by atoms with Gasteiger partial charge in [0, 0.05) is 12.1 Å². The third-order valence-electron chi connectivity index (χ3n) is 3.32. The van der Waals surface area contributed by atoms with E-state index in [9.17, 15) is 5.11 Å². The fourth-order valence-corrected chi connectivity index (χ4v) is 1.57. The Kier molecular flexibility index (Phi) is 5.63. The molecule has 19 heavy (non-hydrogen) atoms. The Hall–Kier alpha value is -1.26. The third-order valence-corrected chi connectivity index (χ3v) is 3.32. The topological polar surface area (TPSA) is 50.7 Å². The van der Waals surface area contributed by atoms with Crippen molar-refractivity contribution in [2.45, 2.75) is 45.9 Å². The molecule has 0 aromatic heterocycles. The van der Waals surface area contributed by atoms with Gasteiger partial charge in [-0.3, -0.25) is 0 Å². The van der Waals surface area contributed by atoms with Gasteiger partial charge < -0.3 is 19.9 Å². The first kappa shape index (κ1) is 15.8. The van der Waals surface area contributed by atoms with Gasteiger partial charge in [-0.1, -0.05) is 6.07 Å². The molecule has 0 aliphatic rings. The highest BCUT2D eigenvalue weighted by Crippen LogP contribution is 2.28. The van der Waals surface area contributed by atoms with E-state index in [0.717, 1.165) is 17.1 Å². The van der Waals surface area contributed by atoms with Gasteiger partial charge in [-0.05, 0) is 45.4 Å². The first-order valence-corrected chi connectivity index (χ1v) is 6.63. The minimum Gasteiger partial charge on any atom is -0.493 e. The Morgan fingerprint density at radius 1 is 1.32 bits per heavy atom. The maximum Gasteiger partial charge on any atom is 0.161 e. The van der Waals surface area contributed by atoms with E-state index in [2.05, 4.69) is 5.32 Å². The standard InChI is InChI=1S/C15H25NO3/c1-6-19-13-8-7-12(9-14(13)18-5)10-16-15(3,4)11(2)17/h7-9,11,16-17H,6,10H2,1-5H3. The van der Waals surface area contributed by atoms with Crippen LogP contribution in [-0.2, 0) is 6.54 Å². The normalized spacial score (nSPS) is 13.2. The van der Waals surface area contributed by atoms with Crippen molar-refractivity contribution in [3.63, 3.8) is 0 Å². The van der Waals surface area contributed by atoms with Gasteiger partial charge in [-0.25, -0.2) is 0 Å². The van der Waals surface area contributed by atoms with Gasteiger partial charge in [0.1, 0.15) is 0 Å². The van der Waals surface area contributed by atoms with Crippen molar-refractivity contribution in [1.29, 1.82) is 0 Å². The van der Waals surface area contributed by atoms with Crippen LogP contribution in [0.4, 0.5) is 0 Å². The van der Waals surface area contributed by atoms with Crippen molar-refractivity contribution in [3.8, 4) is 11.5 Å². The van der Waals surface area contributed by atoms with E-state index in [4.69, 9.17) is 9.47 Å². The fourth-order valence-electron chi connectivity index (χ4n) is 1.57. The van der Waals surface area contributed by atoms with Crippen LogP contribution in [0, 0.1) is 0 Å². The lowest BCUT2D eigenvalue weighted by Gasteiger charge is -2.29. The summed E-state index contributed by atoms with van der Waals surface area (Å²) >= 11 is 0. The van der Waals surface area contributed by atoms with Crippen LogP contribution in [0.25, 0.3) is 0 Å². The minimum atomic E-state index is -0.419. The molecule has 0 amide bonds. The highest BCUT2D eigenvalue weighted by atomic mass is 16.5. The van der Waals surface area contributed by atoms with E-state index in [-0.39, 0.29) is 5.54 Å². The Bertz CT molecular complexity index is 402.